The van der Waals surface area contributed by atoms with Crippen molar-refractivity contribution >= 4 is 0 Å². The lowest BCUT2D eigenvalue weighted by molar-refractivity contribution is 0.153. The molecule has 1 unspecified atom stereocenters. The molecule has 3 heteroatoms. The van der Waals surface area contributed by atoms with Crippen molar-refractivity contribution in [3.8, 4) is 0 Å². The van der Waals surface area contributed by atoms with Crippen LogP contribution in [-0.4, -0.2) is 36.6 Å². The number of nitrogens with zero attached hydrogens (tertiary/aromatic N) is 1. The fourth-order valence-electron chi connectivity index (χ4n) is 1.86. The number of likely N-dealkylation sites (tertiary alicyclic amines) is 1. The third-order valence-corrected chi connectivity index (χ3v) is 2.83. The Morgan fingerprint density at radius 3 is 2.42 bits per heavy atom. The molecule has 0 spiro atoms. The van der Waals surface area contributed by atoms with Crippen molar-refractivity contribution in [3.63, 3.8) is 0 Å². The zero-order valence-electron chi connectivity index (χ0n) is 8.00. The molecule has 0 bridgehead atoms. The van der Waals surface area contributed by atoms with Crippen LogP contribution in [0.15, 0.2) is 0 Å². The molecular formula is C9H21N3. The first-order valence-corrected chi connectivity index (χ1v) is 4.97. The van der Waals surface area contributed by atoms with Crippen LogP contribution in [-0.2, 0) is 0 Å². The van der Waals surface area contributed by atoms with Gasteiger partial charge in [-0.15, -0.1) is 0 Å². The molecule has 1 aliphatic rings. The third-order valence-electron chi connectivity index (χ3n) is 2.83. The Kier molecular flexibility index (Phi) is 3.98. The largest absolute Gasteiger partial charge is 0.329 e. The van der Waals surface area contributed by atoms with Crippen LogP contribution in [0.4, 0.5) is 0 Å². The van der Waals surface area contributed by atoms with Gasteiger partial charge < -0.3 is 11.5 Å². The molecule has 72 valence electrons. The van der Waals surface area contributed by atoms with E-state index in [1.54, 1.807) is 0 Å². The Balaban J connectivity index is 2.32. The molecule has 0 aromatic heterocycles. The van der Waals surface area contributed by atoms with Gasteiger partial charge in [-0.1, -0.05) is 6.92 Å². The second-order valence-corrected chi connectivity index (χ2v) is 3.67. The smallest absolute Gasteiger partial charge is 0.0215 e. The van der Waals surface area contributed by atoms with E-state index in [1.165, 1.54) is 0 Å². The molecule has 1 aliphatic heterocycles. The fourth-order valence-corrected chi connectivity index (χ4v) is 1.86. The van der Waals surface area contributed by atoms with Crippen LogP contribution in [0.2, 0.25) is 0 Å². The molecule has 4 N–H and O–H groups in total. The minimum Gasteiger partial charge on any atom is -0.329 e. The van der Waals surface area contributed by atoms with Crippen LogP contribution < -0.4 is 11.5 Å². The van der Waals surface area contributed by atoms with Crippen LogP contribution >= 0.6 is 0 Å². The van der Waals surface area contributed by atoms with E-state index in [0.717, 1.165) is 38.9 Å². The molecule has 1 fully saturated rings. The van der Waals surface area contributed by atoms with Gasteiger partial charge in [0.1, 0.15) is 0 Å². The van der Waals surface area contributed by atoms with E-state index in [0.29, 0.717) is 12.1 Å². The van der Waals surface area contributed by atoms with E-state index >= 15 is 0 Å². The first-order valence-electron chi connectivity index (χ1n) is 4.97. The summed E-state index contributed by atoms with van der Waals surface area (Å²) in [5.41, 5.74) is 11.5. The quantitative estimate of drug-likeness (QED) is 0.635. The van der Waals surface area contributed by atoms with Gasteiger partial charge in [0, 0.05) is 18.6 Å². The van der Waals surface area contributed by atoms with Gasteiger partial charge in [0.2, 0.25) is 0 Å². The molecule has 0 aromatic rings. The average molecular weight is 171 g/mol. The predicted octanol–water partition coefficient (Wildman–Crippen LogP) is 0.147. The maximum atomic E-state index is 5.82. The summed E-state index contributed by atoms with van der Waals surface area (Å²) in [6, 6.07) is 1.01. The van der Waals surface area contributed by atoms with E-state index in [-0.39, 0.29) is 0 Å². The first kappa shape index (κ1) is 9.96. The highest BCUT2D eigenvalue weighted by Gasteiger charge is 2.20. The second kappa shape index (κ2) is 4.80. The second-order valence-electron chi connectivity index (χ2n) is 3.67. The van der Waals surface area contributed by atoms with E-state index < -0.39 is 0 Å². The van der Waals surface area contributed by atoms with E-state index in [9.17, 15) is 0 Å². The molecule has 0 aliphatic carbocycles. The standard InChI is InChI=1S/C9H21N3/c1-2-9(7-10)12-5-3-8(11)4-6-12/h8-9H,2-7,10-11H2,1H3. The van der Waals surface area contributed by atoms with Crippen molar-refractivity contribution < 1.29 is 0 Å². The van der Waals surface area contributed by atoms with Crippen LogP contribution in [0, 0.1) is 0 Å². The van der Waals surface area contributed by atoms with Crippen molar-refractivity contribution in [1.82, 2.24) is 4.90 Å². The SMILES string of the molecule is CCC(CN)N1CCC(N)CC1. The van der Waals surface area contributed by atoms with E-state index in [2.05, 4.69) is 11.8 Å². The highest BCUT2D eigenvalue weighted by atomic mass is 15.2. The van der Waals surface area contributed by atoms with Crippen molar-refractivity contribution in [2.75, 3.05) is 19.6 Å². The van der Waals surface area contributed by atoms with Gasteiger partial charge in [0.15, 0.2) is 0 Å². The zero-order chi connectivity index (χ0) is 8.97. The normalized spacial score (nSPS) is 24.2. The van der Waals surface area contributed by atoms with Gasteiger partial charge in [0.05, 0.1) is 0 Å². The maximum Gasteiger partial charge on any atom is 0.0215 e. The van der Waals surface area contributed by atoms with Crippen LogP contribution in [0.1, 0.15) is 26.2 Å². The molecule has 0 amide bonds. The molecule has 0 aromatic carbocycles. The van der Waals surface area contributed by atoms with Gasteiger partial charge in [0.25, 0.3) is 0 Å². The maximum absolute atomic E-state index is 5.82. The van der Waals surface area contributed by atoms with E-state index in [4.69, 9.17) is 11.5 Å². The third kappa shape index (κ3) is 2.44. The molecule has 1 rings (SSSR count). The summed E-state index contributed by atoms with van der Waals surface area (Å²) in [5.74, 6) is 0. The summed E-state index contributed by atoms with van der Waals surface area (Å²) in [5, 5.41) is 0. The molecule has 1 atom stereocenters. The Morgan fingerprint density at radius 1 is 1.42 bits per heavy atom. The van der Waals surface area contributed by atoms with Crippen molar-refractivity contribution in [3.05, 3.63) is 0 Å². The number of piperidine rings is 1. The van der Waals surface area contributed by atoms with Crippen molar-refractivity contribution in [1.29, 1.82) is 0 Å². The van der Waals surface area contributed by atoms with Gasteiger partial charge in [-0.3, -0.25) is 4.90 Å². The predicted molar refractivity (Wildman–Crippen MR) is 51.9 cm³/mol. The van der Waals surface area contributed by atoms with Crippen LogP contribution in [0.25, 0.3) is 0 Å². The summed E-state index contributed by atoms with van der Waals surface area (Å²) < 4.78 is 0. The number of hydrogen-bond donors (Lipinski definition) is 2. The average Bonchev–Trinajstić information content (AvgIpc) is 2.10. The fraction of sp³-hybridized carbons (Fsp3) is 1.00. The molecule has 12 heavy (non-hydrogen) atoms. The first-order chi connectivity index (χ1) is 5.77. The minimum atomic E-state index is 0.427. The summed E-state index contributed by atoms with van der Waals surface area (Å²) in [6.45, 7) is 5.26. The lowest BCUT2D eigenvalue weighted by Gasteiger charge is -2.35. The minimum absolute atomic E-state index is 0.427. The Labute approximate surface area is 75.1 Å². The van der Waals surface area contributed by atoms with Crippen LogP contribution in [0.5, 0.6) is 0 Å². The number of hydrogen-bond acceptors (Lipinski definition) is 3. The van der Waals surface area contributed by atoms with Crippen LogP contribution in [0.3, 0.4) is 0 Å². The highest BCUT2D eigenvalue weighted by molar-refractivity contribution is 4.79. The topological polar surface area (TPSA) is 55.3 Å². The van der Waals surface area contributed by atoms with Gasteiger partial charge >= 0.3 is 0 Å². The summed E-state index contributed by atoms with van der Waals surface area (Å²) in [7, 11) is 0. The lowest BCUT2D eigenvalue weighted by atomic mass is 10.0. The monoisotopic (exact) mass is 171 g/mol. The van der Waals surface area contributed by atoms with Gasteiger partial charge in [-0.05, 0) is 32.4 Å². The van der Waals surface area contributed by atoms with Gasteiger partial charge in [-0.25, -0.2) is 0 Å². The number of rotatable bonds is 3. The summed E-state index contributed by atoms with van der Waals surface area (Å²) in [4.78, 5) is 2.48. The molecule has 0 radical (unpaired) electrons. The van der Waals surface area contributed by atoms with E-state index in [1.807, 2.05) is 0 Å². The molecule has 1 heterocycles. The van der Waals surface area contributed by atoms with Crippen molar-refractivity contribution in [2.24, 2.45) is 11.5 Å². The Hall–Kier alpha value is -0.120. The zero-order valence-corrected chi connectivity index (χ0v) is 8.00. The number of nitrogens with two attached hydrogens (primary N) is 2. The highest BCUT2D eigenvalue weighted by Crippen LogP contribution is 2.12. The van der Waals surface area contributed by atoms with Crippen molar-refractivity contribution in [2.45, 2.75) is 38.3 Å². The molecule has 1 saturated heterocycles. The molecule has 3 nitrogen and oxygen atoms in total. The molecular weight excluding hydrogens is 150 g/mol. The summed E-state index contributed by atoms with van der Waals surface area (Å²) in [6.07, 6.45) is 3.43. The lowest BCUT2D eigenvalue weighted by Crippen LogP contribution is -2.47. The van der Waals surface area contributed by atoms with Gasteiger partial charge in [-0.2, -0.15) is 0 Å². The molecule has 0 saturated carbocycles. The Morgan fingerprint density at radius 2 is 2.00 bits per heavy atom. The summed E-state index contributed by atoms with van der Waals surface area (Å²) >= 11 is 0. The Bertz CT molecular complexity index is 115.